The number of phenols is 1. The van der Waals surface area contributed by atoms with Crippen molar-refractivity contribution in [3.05, 3.63) is 60.3 Å². The first-order chi connectivity index (χ1) is 15.5. The van der Waals surface area contributed by atoms with E-state index in [1.54, 1.807) is 17.5 Å². The van der Waals surface area contributed by atoms with Crippen molar-refractivity contribution >= 4 is 11.4 Å². The van der Waals surface area contributed by atoms with E-state index in [4.69, 9.17) is 4.98 Å². The molecule has 0 amide bonds. The third-order valence-corrected chi connectivity index (χ3v) is 5.76. The number of imidazole rings is 1. The highest BCUT2D eigenvalue weighted by molar-refractivity contribution is 5.72. The monoisotopic (exact) mass is 447 g/mol. The molecule has 0 fully saturated rings. The van der Waals surface area contributed by atoms with Crippen molar-refractivity contribution in [1.29, 1.82) is 0 Å². The molecule has 5 rings (SSSR count). The standard InChI is InChI=1S/C24H26FN7O/c1-14-26-13-27-32(14)16-8-17(25)21(20(33)9-16)19-12-31-7-6-18(28-22(31)29-19)15-10-23(2,3)30-24(4,5)11-15/h6-10,12-13,30,33H,11H2,1-5H3. The van der Waals surface area contributed by atoms with Gasteiger partial charge in [0.2, 0.25) is 5.78 Å². The number of nitrogens with zero attached hydrogens (tertiary/aromatic N) is 6. The summed E-state index contributed by atoms with van der Waals surface area (Å²) in [6, 6.07) is 4.70. The van der Waals surface area contributed by atoms with Crippen LogP contribution in [0.3, 0.4) is 0 Å². The molecule has 4 heterocycles. The third kappa shape index (κ3) is 3.89. The van der Waals surface area contributed by atoms with Gasteiger partial charge in [-0.2, -0.15) is 5.10 Å². The summed E-state index contributed by atoms with van der Waals surface area (Å²) in [4.78, 5) is 13.3. The Morgan fingerprint density at radius 3 is 2.55 bits per heavy atom. The van der Waals surface area contributed by atoms with E-state index in [0.717, 1.165) is 17.7 Å². The maximum Gasteiger partial charge on any atom is 0.234 e. The van der Waals surface area contributed by atoms with Crippen LogP contribution < -0.4 is 5.32 Å². The minimum absolute atomic E-state index is 0.0203. The Labute approximate surface area is 190 Å². The number of fused-ring (bicyclic) bond motifs is 1. The van der Waals surface area contributed by atoms with Gasteiger partial charge in [0.15, 0.2) is 0 Å². The van der Waals surface area contributed by atoms with Crippen LogP contribution in [0.1, 0.15) is 45.6 Å². The topological polar surface area (TPSA) is 93.2 Å². The molecule has 1 aliphatic heterocycles. The second-order valence-electron chi connectivity index (χ2n) is 9.76. The van der Waals surface area contributed by atoms with Crippen molar-refractivity contribution in [2.45, 2.75) is 52.1 Å². The number of hydrogen-bond donors (Lipinski definition) is 2. The molecule has 2 N–H and O–H groups in total. The fourth-order valence-corrected chi connectivity index (χ4v) is 4.76. The Kier molecular flexibility index (Phi) is 4.65. The van der Waals surface area contributed by atoms with Crippen LogP contribution in [-0.4, -0.2) is 45.3 Å². The fourth-order valence-electron chi connectivity index (χ4n) is 4.76. The average Bonchev–Trinajstić information content (AvgIpc) is 3.30. The van der Waals surface area contributed by atoms with Gasteiger partial charge in [-0.3, -0.25) is 4.40 Å². The predicted molar refractivity (Wildman–Crippen MR) is 124 cm³/mol. The molecule has 170 valence electrons. The number of aromatic hydroxyl groups is 1. The summed E-state index contributed by atoms with van der Waals surface area (Å²) in [7, 11) is 0. The van der Waals surface area contributed by atoms with Crippen LogP contribution >= 0.6 is 0 Å². The fraction of sp³-hybridized carbons (Fsp3) is 0.333. The van der Waals surface area contributed by atoms with E-state index in [9.17, 15) is 5.11 Å². The lowest BCUT2D eigenvalue weighted by molar-refractivity contribution is 0.297. The zero-order chi connectivity index (χ0) is 23.5. The normalized spacial score (nSPS) is 17.3. The molecule has 0 saturated heterocycles. The summed E-state index contributed by atoms with van der Waals surface area (Å²) in [6.07, 6.45) is 7.92. The molecule has 4 aromatic rings. The van der Waals surface area contributed by atoms with E-state index in [0.29, 0.717) is 23.0 Å². The van der Waals surface area contributed by atoms with Gasteiger partial charge in [-0.05, 0) is 52.7 Å². The van der Waals surface area contributed by atoms with Gasteiger partial charge in [0.25, 0.3) is 0 Å². The van der Waals surface area contributed by atoms with Gasteiger partial charge in [0, 0.05) is 35.6 Å². The molecule has 0 saturated carbocycles. The van der Waals surface area contributed by atoms with Crippen LogP contribution in [0, 0.1) is 12.7 Å². The lowest BCUT2D eigenvalue weighted by Gasteiger charge is -2.41. The lowest BCUT2D eigenvalue weighted by atomic mass is 9.82. The Morgan fingerprint density at radius 1 is 1.12 bits per heavy atom. The molecule has 0 spiro atoms. The van der Waals surface area contributed by atoms with Crippen LogP contribution in [0.4, 0.5) is 4.39 Å². The first-order valence-electron chi connectivity index (χ1n) is 10.8. The smallest absolute Gasteiger partial charge is 0.234 e. The molecule has 1 aromatic carbocycles. The minimum atomic E-state index is -0.604. The summed E-state index contributed by atoms with van der Waals surface area (Å²) in [5, 5.41) is 18.3. The molecular weight excluding hydrogens is 421 g/mol. The van der Waals surface area contributed by atoms with Crippen molar-refractivity contribution < 1.29 is 9.50 Å². The highest BCUT2D eigenvalue weighted by Gasteiger charge is 2.33. The van der Waals surface area contributed by atoms with Crippen molar-refractivity contribution in [3.63, 3.8) is 0 Å². The van der Waals surface area contributed by atoms with E-state index >= 15 is 4.39 Å². The zero-order valence-corrected chi connectivity index (χ0v) is 19.3. The van der Waals surface area contributed by atoms with E-state index < -0.39 is 5.82 Å². The molecule has 3 aromatic heterocycles. The molecule has 0 radical (unpaired) electrons. The van der Waals surface area contributed by atoms with Gasteiger partial charge in [0.1, 0.15) is 23.7 Å². The Bertz CT molecular complexity index is 1390. The van der Waals surface area contributed by atoms with E-state index in [-0.39, 0.29) is 22.4 Å². The molecule has 0 unspecified atom stereocenters. The summed E-state index contributed by atoms with van der Waals surface area (Å²) >= 11 is 0. The van der Waals surface area contributed by atoms with Crippen molar-refractivity contribution in [1.82, 2.24) is 34.4 Å². The summed E-state index contributed by atoms with van der Waals surface area (Å²) in [5.41, 5.74) is 2.45. The van der Waals surface area contributed by atoms with E-state index in [1.165, 1.54) is 23.1 Å². The van der Waals surface area contributed by atoms with Crippen molar-refractivity contribution in [3.8, 4) is 22.7 Å². The maximum absolute atomic E-state index is 15.1. The second-order valence-corrected chi connectivity index (χ2v) is 9.76. The molecule has 1 aliphatic rings. The van der Waals surface area contributed by atoms with Crippen LogP contribution in [0.15, 0.2) is 43.0 Å². The highest BCUT2D eigenvalue weighted by Crippen LogP contribution is 2.35. The Balaban J connectivity index is 1.55. The summed E-state index contributed by atoms with van der Waals surface area (Å²) < 4.78 is 18.3. The SMILES string of the molecule is Cc1ncnn1-c1cc(O)c(-c2cn3ccc(C4=CC(C)(C)NC(C)(C)C4)nc3n2)c(F)c1. The minimum Gasteiger partial charge on any atom is -0.507 e. The van der Waals surface area contributed by atoms with Gasteiger partial charge in [0.05, 0.1) is 22.6 Å². The first kappa shape index (κ1) is 21.3. The number of halogens is 1. The molecule has 0 atom stereocenters. The molecule has 33 heavy (non-hydrogen) atoms. The Hall–Kier alpha value is -3.59. The van der Waals surface area contributed by atoms with Crippen molar-refractivity contribution in [2.75, 3.05) is 0 Å². The van der Waals surface area contributed by atoms with Gasteiger partial charge < -0.3 is 10.4 Å². The number of hydrogen-bond acceptors (Lipinski definition) is 6. The van der Waals surface area contributed by atoms with Crippen molar-refractivity contribution in [2.24, 2.45) is 0 Å². The van der Waals surface area contributed by atoms with Crippen LogP contribution in [0.25, 0.3) is 28.3 Å². The number of aromatic nitrogens is 6. The summed E-state index contributed by atoms with van der Waals surface area (Å²) in [6.45, 7) is 10.4. The van der Waals surface area contributed by atoms with Gasteiger partial charge in [-0.25, -0.2) is 24.0 Å². The Morgan fingerprint density at radius 2 is 1.88 bits per heavy atom. The van der Waals surface area contributed by atoms with E-state index in [1.807, 2.05) is 12.3 Å². The van der Waals surface area contributed by atoms with Gasteiger partial charge in [-0.15, -0.1) is 0 Å². The second kappa shape index (κ2) is 7.21. The molecule has 9 heteroatoms. The number of benzene rings is 1. The third-order valence-electron chi connectivity index (χ3n) is 5.76. The highest BCUT2D eigenvalue weighted by atomic mass is 19.1. The molecule has 8 nitrogen and oxygen atoms in total. The van der Waals surface area contributed by atoms with E-state index in [2.05, 4.69) is 54.2 Å². The van der Waals surface area contributed by atoms with Crippen LogP contribution in [0.5, 0.6) is 5.75 Å². The molecule has 0 aliphatic carbocycles. The van der Waals surface area contributed by atoms with Crippen LogP contribution in [0.2, 0.25) is 0 Å². The number of aryl methyl sites for hydroxylation is 1. The van der Waals surface area contributed by atoms with Crippen LogP contribution in [-0.2, 0) is 0 Å². The maximum atomic E-state index is 15.1. The van der Waals surface area contributed by atoms with Gasteiger partial charge in [-0.1, -0.05) is 6.08 Å². The summed E-state index contributed by atoms with van der Waals surface area (Å²) in [5.74, 6) is 0.193. The predicted octanol–water partition coefficient (Wildman–Crippen LogP) is 4.06. The van der Waals surface area contributed by atoms with Gasteiger partial charge >= 0.3 is 0 Å². The lowest BCUT2D eigenvalue weighted by Crippen LogP contribution is -2.53. The zero-order valence-electron chi connectivity index (χ0n) is 19.3. The average molecular weight is 448 g/mol. The molecule has 0 bridgehead atoms. The number of rotatable bonds is 3. The largest absolute Gasteiger partial charge is 0.507 e. The first-order valence-corrected chi connectivity index (χ1v) is 10.8. The quantitative estimate of drug-likeness (QED) is 0.492. The molecular formula is C24H26FN7O. The number of nitrogens with one attached hydrogen (secondary N) is 1. The number of phenolic OH excluding ortho intramolecular Hbond substituents is 1.